The molecule has 0 aliphatic heterocycles. The van der Waals surface area contributed by atoms with E-state index in [1.54, 1.807) is 24.3 Å². The van der Waals surface area contributed by atoms with Crippen LogP contribution >= 0.6 is 0 Å². The van der Waals surface area contributed by atoms with Gasteiger partial charge in [0.1, 0.15) is 11.5 Å². The Balaban J connectivity index is 1.93. The number of imide groups is 1. The zero-order chi connectivity index (χ0) is 20.6. The van der Waals surface area contributed by atoms with E-state index in [4.69, 9.17) is 4.74 Å². The lowest BCUT2D eigenvalue weighted by Gasteiger charge is -2.20. The number of amides is 4. The van der Waals surface area contributed by atoms with Crippen molar-refractivity contribution < 1.29 is 22.7 Å². The van der Waals surface area contributed by atoms with Crippen LogP contribution in [-0.2, 0) is 10.0 Å². The Morgan fingerprint density at radius 2 is 1.61 bits per heavy atom. The maximum absolute atomic E-state index is 12.1. The van der Waals surface area contributed by atoms with Gasteiger partial charge in [0.25, 0.3) is 0 Å². The van der Waals surface area contributed by atoms with Crippen molar-refractivity contribution in [3.8, 4) is 11.5 Å². The number of anilines is 1. The average Bonchev–Trinajstić information content (AvgIpc) is 2.63. The number of carbonyl (C=O) groups is 2. The molecule has 2 aromatic rings. The molecule has 28 heavy (non-hydrogen) atoms. The predicted octanol–water partition coefficient (Wildman–Crippen LogP) is 3.78. The number of unbranched alkanes of at least 4 members (excludes halogenated alkanes) is 1. The Bertz CT molecular complexity index is 899. The van der Waals surface area contributed by atoms with Gasteiger partial charge < -0.3 is 10.1 Å². The molecule has 0 bridgehead atoms. The fourth-order valence-corrected chi connectivity index (χ4v) is 3.08. The molecular weight excluding hydrogens is 382 g/mol. The maximum atomic E-state index is 12.1. The minimum atomic E-state index is -3.77. The third-order valence-electron chi connectivity index (χ3n) is 3.65. The van der Waals surface area contributed by atoms with Crippen molar-refractivity contribution in [1.82, 2.24) is 9.62 Å². The smallest absolute Gasteiger partial charge is 0.339 e. The summed E-state index contributed by atoms with van der Waals surface area (Å²) >= 11 is 0. The topological polar surface area (TPSA) is 105 Å². The van der Waals surface area contributed by atoms with E-state index in [9.17, 15) is 18.0 Å². The summed E-state index contributed by atoms with van der Waals surface area (Å²) in [4.78, 5) is 24.1. The molecule has 0 spiro atoms. The number of benzene rings is 2. The quantitative estimate of drug-likeness (QED) is 0.729. The number of para-hydroxylation sites is 1. The molecule has 0 saturated heterocycles. The zero-order valence-electron chi connectivity index (χ0n) is 15.7. The van der Waals surface area contributed by atoms with Crippen LogP contribution in [0.15, 0.2) is 54.6 Å². The van der Waals surface area contributed by atoms with E-state index >= 15 is 0 Å². The molecule has 0 radical (unpaired) electrons. The molecule has 0 fully saturated rings. The van der Waals surface area contributed by atoms with Gasteiger partial charge in [0, 0.05) is 12.2 Å². The van der Waals surface area contributed by atoms with E-state index < -0.39 is 22.1 Å². The highest BCUT2D eigenvalue weighted by Crippen LogP contribution is 2.22. The summed E-state index contributed by atoms with van der Waals surface area (Å²) in [5.41, 5.74) is 0.421. The Labute approximate surface area is 164 Å². The summed E-state index contributed by atoms with van der Waals surface area (Å²) in [7, 11) is -3.77. The Hall–Kier alpha value is -3.07. The lowest BCUT2D eigenvalue weighted by molar-refractivity contribution is 0.219. The number of carbonyl (C=O) groups excluding carboxylic acids is 2. The van der Waals surface area contributed by atoms with E-state index in [2.05, 4.69) is 5.32 Å². The normalized spacial score (nSPS) is 10.8. The zero-order valence-corrected chi connectivity index (χ0v) is 16.5. The molecule has 0 atom stereocenters. The van der Waals surface area contributed by atoms with Gasteiger partial charge in [0.15, 0.2) is 0 Å². The van der Waals surface area contributed by atoms with Crippen LogP contribution in [0.5, 0.6) is 11.5 Å². The van der Waals surface area contributed by atoms with E-state index in [1.807, 2.05) is 42.6 Å². The van der Waals surface area contributed by atoms with E-state index in [0.29, 0.717) is 34.3 Å². The van der Waals surface area contributed by atoms with Gasteiger partial charge in [-0.25, -0.2) is 22.3 Å². The minimum Gasteiger partial charge on any atom is -0.457 e. The molecule has 4 amide bonds. The molecule has 150 valence electrons. The number of sulfonamides is 1. The van der Waals surface area contributed by atoms with E-state index in [-0.39, 0.29) is 6.54 Å². The average molecular weight is 405 g/mol. The van der Waals surface area contributed by atoms with Crippen LogP contribution in [0.25, 0.3) is 0 Å². The van der Waals surface area contributed by atoms with Gasteiger partial charge in [0.2, 0.25) is 10.0 Å². The van der Waals surface area contributed by atoms with Crippen LogP contribution in [0.1, 0.15) is 19.8 Å². The molecule has 2 N–H and O–H groups in total. The third kappa shape index (κ3) is 6.58. The molecule has 0 unspecified atom stereocenters. The van der Waals surface area contributed by atoms with Crippen LogP contribution in [0.2, 0.25) is 0 Å². The second kappa shape index (κ2) is 9.75. The first-order valence-electron chi connectivity index (χ1n) is 8.72. The molecule has 2 aromatic carbocycles. The van der Waals surface area contributed by atoms with Gasteiger partial charge in [-0.2, -0.15) is 0 Å². The summed E-state index contributed by atoms with van der Waals surface area (Å²) in [6.07, 6.45) is 2.14. The number of rotatable bonds is 7. The minimum absolute atomic E-state index is 0.0139. The van der Waals surface area contributed by atoms with Crippen molar-refractivity contribution >= 4 is 27.8 Å². The predicted molar refractivity (Wildman–Crippen MR) is 107 cm³/mol. The molecule has 0 saturated carbocycles. The number of ether oxygens (including phenoxy) is 1. The first-order valence-corrected chi connectivity index (χ1v) is 10.6. The van der Waals surface area contributed by atoms with Crippen LogP contribution in [0.4, 0.5) is 15.3 Å². The summed E-state index contributed by atoms with van der Waals surface area (Å²) in [5, 5.41) is 4.50. The molecule has 8 nitrogen and oxygen atoms in total. The van der Waals surface area contributed by atoms with Gasteiger partial charge in [-0.1, -0.05) is 31.5 Å². The number of nitrogens with zero attached hydrogens (tertiary/aromatic N) is 1. The van der Waals surface area contributed by atoms with Gasteiger partial charge in [0.05, 0.1) is 6.26 Å². The number of urea groups is 2. The van der Waals surface area contributed by atoms with E-state index in [0.717, 1.165) is 6.26 Å². The van der Waals surface area contributed by atoms with Crippen molar-refractivity contribution in [1.29, 1.82) is 0 Å². The van der Waals surface area contributed by atoms with Crippen molar-refractivity contribution in [3.05, 3.63) is 54.6 Å². The summed E-state index contributed by atoms with van der Waals surface area (Å²) in [5.74, 6) is 1.26. The summed E-state index contributed by atoms with van der Waals surface area (Å²) < 4.78 is 29.8. The maximum Gasteiger partial charge on any atom is 0.339 e. The van der Waals surface area contributed by atoms with Crippen molar-refractivity contribution in [2.45, 2.75) is 19.8 Å². The lowest BCUT2D eigenvalue weighted by Crippen LogP contribution is -2.47. The monoisotopic (exact) mass is 405 g/mol. The van der Waals surface area contributed by atoms with Gasteiger partial charge >= 0.3 is 12.1 Å². The van der Waals surface area contributed by atoms with Crippen LogP contribution in [0, 0.1) is 0 Å². The van der Waals surface area contributed by atoms with Gasteiger partial charge in [-0.3, -0.25) is 5.32 Å². The fraction of sp³-hybridized carbons (Fsp3) is 0.263. The summed E-state index contributed by atoms with van der Waals surface area (Å²) in [6.45, 7) is 1.89. The number of nitrogens with one attached hydrogen (secondary N) is 2. The number of hydrogen-bond acceptors (Lipinski definition) is 5. The standard InChI is InChI=1S/C19H23N3O5S/c1-3-4-14-22(28(2,25)26)19(24)21-18(23)20-15-10-12-17(13-11-15)27-16-8-6-5-7-9-16/h5-13H,3-4,14H2,1-2H3,(H2,20,21,23,24). The fourth-order valence-electron chi connectivity index (χ4n) is 2.27. The van der Waals surface area contributed by atoms with Crippen molar-refractivity contribution in [2.24, 2.45) is 0 Å². The molecule has 0 aliphatic rings. The highest BCUT2D eigenvalue weighted by molar-refractivity contribution is 7.88. The molecular formula is C19H23N3O5S. The van der Waals surface area contributed by atoms with Gasteiger partial charge in [-0.15, -0.1) is 0 Å². The lowest BCUT2D eigenvalue weighted by atomic mass is 10.3. The highest BCUT2D eigenvalue weighted by Gasteiger charge is 2.24. The SMILES string of the molecule is CCCCN(C(=O)NC(=O)Nc1ccc(Oc2ccccc2)cc1)S(C)(=O)=O. The molecule has 9 heteroatoms. The first-order chi connectivity index (χ1) is 13.3. The van der Waals surface area contributed by atoms with Crippen LogP contribution in [-0.4, -0.2) is 37.6 Å². The Morgan fingerprint density at radius 1 is 1.00 bits per heavy atom. The summed E-state index contributed by atoms with van der Waals surface area (Å²) in [6, 6.07) is 13.9. The third-order valence-corrected chi connectivity index (χ3v) is 4.80. The molecule has 2 rings (SSSR count). The Morgan fingerprint density at radius 3 is 2.18 bits per heavy atom. The van der Waals surface area contributed by atoms with Gasteiger partial charge in [-0.05, 0) is 42.8 Å². The number of hydrogen-bond donors (Lipinski definition) is 2. The molecule has 0 aliphatic carbocycles. The second-order valence-corrected chi connectivity index (χ2v) is 7.92. The van der Waals surface area contributed by atoms with Crippen molar-refractivity contribution in [2.75, 3.05) is 18.1 Å². The Kier molecular flexibility index (Phi) is 7.39. The van der Waals surface area contributed by atoms with E-state index in [1.165, 1.54) is 0 Å². The highest BCUT2D eigenvalue weighted by atomic mass is 32.2. The first kappa shape index (κ1) is 21.2. The van der Waals surface area contributed by atoms with Crippen molar-refractivity contribution in [3.63, 3.8) is 0 Å². The second-order valence-electron chi connectivity index (χ2n) is 6.01. The molecule has 0 aromatic heterocycles. The van der Waals surface area contributed by atoms with Crippen LogP contribution < -0.4 is 15.4 Å². The van der Waals surface area contributed by atoms with Crippen LogP contribution in [0.3, 0.4) is 0 Å². The largest absolute Gasteiger partial charge is 0.457 e. The molecule has 0 heterocycles.